The van der Waals surface area contributed by atoms with E-state index >= 15 is 0 Å². The SMILES string of the molecule is CCCS(=O)(=O)N1CCCC(Oc2cc(F)cc(NC(=O)Nc3ccc(C)nc3)c2)C1. The number of urea groups is 1. The molecule has 0 spiro atoms. The van der Waals surface area contributed by atoms with Crippen molar-refractivity contribution in [1.82, 2.24) is 9.29 Å². The Bertz CT molecular complexity index is 1010. The van der Waals surface area contributed by atoms with Crippen molar-refractivity contribution < 1.29 is 22.3 Å². The first kappa shape index (κ1) is 23.0. The number of benzene rings is 1. The van der Waals surface area contributed by atoms with E-state index in [0.717, 1.165) is 5.69 Å². The van der Waals surface area contributed by atoms with E-state index in [4.69, 9.17) is 4.74 Å². The van der Waals surface area contributed by atoms with E-state index in [1.807, 2.05) is 13.8 Å². The molecule has 1 aromatic heterocycles. The van der Waals surface area contributed by atoms with Crippen molar-refractivity contribution in [2.45, 2.75) is 39.2 Å². The number of nitrogens with one attached hydrogen (secondary N) is 2. The van der Waals surface area contributed by atoms with Crippen LogP contribution in [-0.2, 0) is 10.0 Å². The summed E-state index contributed by atoms with van der Waals surface area (Å²) in [6, 6.07) is 6.83. The number of amides is 2. The number of carbonyl (C=O) groups excluding carboxylic acids is 1. The Morgan fingerprint density at radius 2 is 2.03 bits per heavy atom. The van der Waals surface area contributed by atoms with Crippen LogP contribution in [-0.4, -0.2) is 48.7 Å². The van der Waals surface area contributed by atoms with E-state index in [9.17, 15) is 17.6 Å². The third-order valence-electron chi connectivity index (χ3n) is 4.80. The lowest BCUT2D eigenvalue weighted by molar-refractivity contribution is 0.129. The van der Waals surface area contributed by atoms with Gasteiger partial charge in [0.15, 0.2) is 0 Å². The minimum absolute atomic E-state index is 0.0966. The third-order valence-corrected chi connectivity index (χ3v) is 6.84. The maximum absolute atomic E-state index is 14.1. The lowest BCUT2D eigenvalue weighted by Crippen LogP contribution is -2.45. The minimum atomic E-state index is -3.31. The van der Waals surface area contributed by atoms with Gasteiger partial charge in [0, 0.05) is 30.1 Å². The van der Waals surface area contributed by atoms with Crippen LogP contribution in [0.4, 0.5) is 20.6 Å². The topological polar surface area (TPSA) is 101 Å². The Kier molecular flexibility index (Phi) is 7.45. The van der Waals surface area contributed by atoms with E-state index in [1.165, 1.54) is 28.7 Å². The number of hydrogen-bond donors (Lipinski definition) is 2. The van der Waals surface area contributed by atoms with Gasteiger partial charge in [0.1, 0.15) is 17.7 Å². The molecule has 3 rings (SSSR count). The monoisotopic (exact) mass is 450 g/mol. The Balaban J connectivity index is 1.64. The van der Waals surface area contributed by atoms with Crippen molar-refractivity contribution in [3.05, 3.63) is 48.0 Å². The Labute approximate surface area is 181 Å². The van der Waals surface area contributed by atoms with Gasteiger partial charge in [-0.3, -0.25) is 4.98 Å². The number of carbonyl (C=O) groups is 1. The van der Waals surface area contributed by atoms with Gasteiger partial charge in [0.05, 0.1) is 24.2 Å². The average molecular weight is 451 g/mol. The van der Waals surface area contributed by atoms with Crippen LogP contribution in [0.25, 0.3) is 0 Å². The molecule has 2 N–H and O–H groups in total. The molecule has 2 amide bonds. The molecule has 0 bridgehead atoms. The first-order chi connectivity index (χ1) is 14.7. The molecule has 2 heterocycles. The number of anilines is 2. The van der Waals surface area contributed by atoms with Crippen LogP contribution in [0.5, 0.6) is 5.75 Å². The van der Waals surface area contributed by atoms with Crippen molar-refractivity contribution in [3.63, 3.8) is 0 Å². The Morgan fingerprint density at radius 1 is 1.26 bits per heavy atom. The molecule has 1 aliphatic rings. The maximum atomic E-state index is 14.1. The third kappa shape index (κ3) is 6.63. The van der Waals surface area contributed by atoms with Gasteiger partial charge in [-0.2, -0.15) is 4.31 Å². The fraction of sp³-hybridized carbons (Fsp3) is 0.429. The van der Waals surface area contributed by atoms with Gasteiger partial charge in [0.25, 0.3) is 0 Å². The number of ether oxygens (including phenoxy) is 1. The Hall–Kier alpha value is -2.72. The van der Waals surface area contributed by atoms with Crippen LogP contribution in [0.3, 0.4) is 0 Å². The molecule has 8 nitrogen and oxygen atoms in total. The molecule has 1 atom stereocenters. The zero-order valence-electron chi connectivity index (χ0n) is 17.6. The zero-order valence-corrected chi connectivity index (χ0v) is 18.4. The largest absolute Gasteiger partial charge is 0.489 e. The molecule has 0 radical (unpaired) electrons. The number of rotatable bonds is 7. The highest BCUT2D eigenvalue weighted by atomic mass is 32.2. The van der Waals surface area contributed by atoms with Gasteiger partial charge in [-0.1, -0.05) is 6.92 Å². The molecule has 168 valence electrons. The number of pyridine rings is 1. The fourth-order valence-electron chi connectivity index (χ4n) is 3.37. The van der Waals surface area contributed by atoms with Crippen molar-refractivity contribution in [2.24, 2.45) is 0 Å². The first-order valence-electron chi connectivity index (χ1n) is 10.2. The summed E-state index contributed by atoms with van der Waals surface area (Å²) in [5.74, 6) is -0.248. The normalized spacial score (nSPS) is 17.2. The zero-order chi connectivity index (χ0) is 22.4. The summed E-state index contributed by atoms with van der Waals surface area (Å²) in [4.78, 5) is 16.3. The van der Waals surface area contributed by atoms with E-state index in [-0.39, 0.29) is 29.8 Å². The van der Waals surface area contributed by atoms with E-state index < -0.39 is 21.9 Å². The standard InChI is InChI=1S/C21H27FN4O4S/c1-3-9-31(28,29)26-8-4-5-19(14-26)30-20-11-16(22)10-18(12-20)25-21(27)24-17-7-6-15(2)23-13-17/h6-7,10-13,19H,3-5,8-9,14H2,1-2H3,(H2,24,25,27). The lowest BCUT2D eigenvalue weighted by Gasteiger charge is -2.32. The number of sulfonamides is 1. The van der Waals surface area contributed by atoms with Crippen LogP contribution in [0, 0.1) is 12.7 Å². The number of hydrogen-bond acceptors (Lipinski definition) is 5. The van der Waals surface area contributed by atoms with E-state index in [0.29, 0.717) is 31.5 Å². The molecule has 1 fully saturated rings. The molecule has 10 heteroatoms. The van der Waals surface area contributed by atoms with Crippen molar-refractivity contribution >= 4 is 27.4 Å². The molecule has 31 heavy (non-hydrogen) atoms. The minimum Gasteiger partial charge on any atom is -0.489 e. The van der Waals surface area contributed by atoms with Crippen LogP contribution in [0.1, 0.15) is 31.9 Å². The number of aromatic nitrogens is 1. The smallest absolute Gasteiger partial charge is 0.323 e. The predicted octanol–water partition coefficient (Wildman–Crippen LogP) is 3.76. The molecule has 1 saturated heterocycles. The summed E-state index contributed by atoms with van der Waals surface area (Å²) in [6.07, 6.45) is 3.02. The van der Waals surface area contributed by atoms with Gasteiger partial charge in [0.2, 0.25) is 10.0 Å². The van der Waals surface area contributed by atoms with E-state index in [1.54, 1.807) is 12.1 Å². The highest BCUT2D eigenvalue weighted by molar-refractivity contribution is 7.89. The summed E-state index contributed by atoms with van der Waals surface area (Å²) in [5, 5.41) is 5.19. The molecule has 0 aliphatic carbocycles. The summed E-state index contributed by atoms with van der Waals surface area (Å²) >= 11 is 0. The second-order valence-electron chi connectivity index (χ2n) is 7.50. The van der Waals surface area contributed by atoms with Crippen LogP contribution < -0.4 is 15.4 Å². The second-order valence-corrected chi connectivity index (χ2v) is 9.59. The lowest BCUT2D eigenvalue weighted by atomic mass is 10.1. The summed E-state index contributed by atoms with van der Waals surface area (Å²) in [6.45, 7) is 4.35. The highest BCUT2D eigenvalue weighted by Gasteiger charge is 2.29. The first-order valence-corrected chi connectivity index (χ1v) is 11.8. The molecule has 2 aromatic rings. The van der Waals surface area contributed by atoms with Gasteiger partial charge >= 0.3 is 6.03 Å². The molecule has 1 unspecified atom stereocenters. The van der Waals surface area contributed by atoms with Crippen molar-refractivity contribution in [3.8, 4) is 5.75 Å². The average Bonchev–Trinajstić information content (AvgIpc) is 2.69. The second kappa shape index (κ2) is 10.1. The summed E-state index contributed by atoms with van der Waals surface area (Å²) in [5.41, 5.74) is 1.55. The molecular formula is C21H27FN4O4S. The van der Waals surface area contributed by atoms with Gasteiger partial charge in [-0.25, -0.2) is 17.6 Å². The van der Waals surface area contributed by atoms with Crippen LogP contribution in [0.15, 0.2) is 36.5 Å². The van der Waals surface area contributed by atoms with Crippen LogP contribution in [0.2, 0.25) is 0 Å². The van der Waals surface area contributed by atoms with Gasteiger partial charge < -0.3 is 15.4 Å². The fourth-order valence-corrected chi connectivity index (χ4v) is 4.95. The molecule has 1 aliphatic heterocycles. The molecular weight excluding hydrogens is 423 g/mol. The Morgan fingerprint density at radius 3 is 2.74 bits per heavy atom. The summed E-state index contributed by atoms with van der Waals surface area (Å²) < 4.78 is 46.1. The van der Waals surface area contributed by atoms with Crippen molar-refractivity contribution in [2.75, 3.05) is 29.5 Å². The quantitative estimate of drug-likeness (QED) is 0.669. The number of halogens is 1. The molecule has 1 aromatic carbocycles. The van der Waals surface area contributed by atoms with E-state index in [2.05, 4.69) is 15.6 Å². The maximum Gasteiger partial charge on any atom is 0.323 e. The highest BCUT2D eigenvalue weighted by Crippen LogP contribution is 2.25. The number of nitrogens with zero attached hydrogens (tertiary/aromatic N) is 2. The molecule has 0 saturated carbocycles. The predicted molar refractivity (Wildman–Crippen MR) is 117 cm³/mol. The van der Waals surface area contributed by atoms with Gasteiger partial charge in [-0.15, -0.1) is 0 Å². The number of aryl methyl sites for hydroxylation is 1. The van der Waals surface area contributed by atoms with Crippen LogP contribution >= 0.6 is 0 Å². The van der Waals surface area contributed by atoms with Gasteiger partial charge in [-0.05, 0) is 44.4 Å². The van der Waals surface area contributed by atoms with Crippen molar-refractivity contribution in [1.29, 1.82) is 0 Å². The summed E-state index contributed by atoms with van der Waals surface area (Å²) in [7, 11) is -3.31. The number of piperidine rings is 1.